The zero-order valence-electron chi connectivity index (χ0n) is 19.0. The summed E-state index contributed by atoms with van der Waals surface area (Å²) in [4.78, 5) is 4.00. The van der Waals surface area contributed by atoms with Crippen molar-refractivity contribution in [3.63, 3.8) is 0 Å². The molecule has 0 N–H and O–H groups in total. The summed E-state index contributed by atoms with van der Waals surface area (Å²) in [7, 11) is -7.55. The number of aryl methyl sites for hydroxylation is 2. The van der Waals surface area contributed by atoms with Crippen LogP contribution >= 0.6 is 23.2 Å². The summed E-state index contributed by atoms with van der Waals surface area (Å²) in [6, 6.07) is 13.1. The highest BCUT2D eigenvalue weighted by Gasteiger charge is 2.24. The molecule has 11 heteroatoms. The van der Waals surface area contributed by atoms with Crippen LogP contribution in [0.3, 0.4) is 0 Å². The average molecular weight is 545 g/mol. The van der Waals surface area contributed by atoms with Gasteiger partial charge in [-0.3, -0.25) is 0 Å². The molecule has 0 unspecified atom stereocenters. The van der Waals surface area contributed by atoms with Gasteiger partial charge in [0.15, 0.2) is 0 Å². The lowest BCUT2D eigenvalue weighted by molar-refractivity contribution is 0.222. The first-order chi connectivity index (χ1) is 16.1. The summed E-state index contributed by atoms with van der Waals surface area (Å²) in [6.45, 7) is 5.51. The smallest absolute Gasteiger partial charge is 0.283 e. The second kappa shape index (κ2) is 11.1. The van der Waals surface area contributed by atoms with E-state index in [9.17, 15) is 16.8 Å². The summed E-state index contributed by atoms with van der Waals surface area (Å²) in [5, 5.41) is 1.21. The van der Waals surface area contributed by atoms with Gasteiger partial charge >= 0.3 is 0 Å². The van der Waals surface area contributed by atoms with Gasteiger partial charge in [-0.25, -0.2) is 8.42 Å². The number of piperazine rings is 1. The number of rotatable bonds is 7. The molecule has 1 saturated heterocycles. The molecule has 0 atom stereocenters. The van der Waals surface area contributed by atoms with E-state index in [1.807, 2.05) is 18.7 Å². The van der Waals surface area contributed by atoms with Gasteiger partial charge in [0.1, 0.15) is 5.84 Å². The first-order valence-electron chi connectivity index (χ1n) is 10.6. The zero-order chi connectivity index (χ0) is 24.9. The molecule has 184 valence electrons. The number of hydrogen-bond acceptors (Lipinski definition) is 5. The van der Waals surface area contributed by atoms with Crippen LogP contribution < -0.4 is 0 Å². The van der Waals surface area contributed by atoms with Gasteiger partial charge in [0.2, 0.25) is 9.84 Å². The number of halogens is 2. The summed E-state index contributed by atoms with van der Waals surface area (Å²) >= 11 is 12.1. The van der Waals surface area contributed by atoms with Crippen molar-refractivity contribution in [3.8, 4) is 0 Å². The summed E-state index contributed by atoms with van der Waals surface area (Å²) in [5.74, 6) is 0.222. The normalized spacial score (nSPS) is 16.1. The molecule has 2 aromatic carbocycles. The van der Waals surface area contributed by atoms with Crippen LogP contribution in [0.2, 0.25) is 0 Å². The van der Waals surface area contributed by atoms with E-state index in [1.165, 1.54) is 17.5 Å². The molecule has 7 nitrogen and oxygen atoms in total. The SMILES string of the molecule is Cc1ccc(S(=O)(=O)/C=C(\CCl)N2CCN(C(CCl)=NS(=O)(=O)c3ccc(C)cc3)CC2)cc1. The maximum atomic E-state index is 12.8. The molecule has 0 radical (unpaired) electrons. The number of benzene rings is 2. The van der Waals surface area contributed by atoms with Crippen molar-refractivity contribution in [1.82, 2.24) is 9.80 Å². The molecule has 0 aliphatic carbocycles. The molecular formula is C23H27Cl2N3O4S2. The Morgan fingerprint density at radius 3 is 1.74 bits per heavy atom. The Bertz CT molecular complexity index is 1170. The quantitative estimate of drug-likeness (QED) is 0.300. The van der Waals surface area contributed by atoms with Crippen molar-refractivity contribution in [2.75, 3.05) is 37.9 Å². The second-order valence-corrected chi connectivity index (χ2v) is 11.9. The molecule has 0 amide bonds. The Labute approximate surface area is 211 Å². The molecule has 1 fully saturated rings. The van der Waals surface area contributed by atoms with Gasteiger partial charge < -0.3 is 9.80 Å². The van der Waals surface area contributed by atoms with Crippen LogP contribution in [0.5, 0.6) is 0 Å². The lowest BCUT2D eigenvalue weighted by atomic mass is 10.2. The maximum Gasteiger partial charge on any atom is 0.283 e. The molecular weight excluding hydrogens is 517 g/mol. The zero-order valence-corrected chi connectivity index (χ0v) is 22.1. The van der Waals surface area contributed by atoms with E-state index in [4.69, 9.17) is 23.2 Å². The summed E-state index contributed by atoms with van der Waals surface area (Å²) < 4.78 is 55.0. The average Bonchev–Trinajstić information content (AvgIpc) is 2.82. The predicted octanol–water partition coefficient (Wildman–Crippen LogP) is 3.80. The number of amidine groups is 1. The molecule has 1 aliphatic rings. The minimum Gasteiger partial charge on any atom is -0.370 e. The lowest BCUT2D eigenvalue weighted by Gasteiger charge is -2.38. The third-order valence-electron chi connectivity index (χ3n) is 5.49. The number of sulfonamides is 1. The first-order valence-corrected chi connectivity index (χ1v) is 14.7. The van der Waals surface area contributed by atoms with Crippen LogP contribution in [-0.2, 0) is 19.9 Å². The highest BCUT2D eigenvalue weighted by atomic mass is 35.5. The van der Waals surface area contributed by atoms with Crippen LogP contribution in [0.25, 0.3) is 0 Å². The number of alkyl halides is 2. The van der Waals surface area contributed by atoms with Gasteiger partial charge in [0, 0.05) is 31.9 Å². The van der Waals surface area contributed by atoms with E-state index in [2.05, 4.69) is 4.40 Å². The van der Waals surface area contributed by atoms with Gasteiger partial charge in [-0.1, -0.05) is 35.4 Å². The maximum absolute atomic E-state index is 12.8. The van der Waals surface area contributed by atoms with Crippen molar-refractivity contribution < 1.29 is 16.8 Å². The Morgan fingerprint density at radius 2 is 1.26 bits per heavy atom. The number of nitrogens with zero attached hydrogens (tertiary/aromatic N) is 3. The molecule has 1 heterocycles. The van der Waals surface area contributed by atoms with Gasteiger partial charge in [-0.05, 0) is 38.1 Å². The van der Waals surface area contributed by atoms with Gasteiger partial charge in [0.05, 0.1) is 27.0 Å². The van der Waals surface area contributed by atoms with E-state index in [0.717, 1.165) is 11.1 Å². The fourth-order valence-electron chi connectivity index (χ4n) is 3.49. The topological polar surface area (TPSA) is 87.1 Å². The van der Waals surface area contributed by atoms with Crippen LogP contribution in [0.4, 0.5) is 0 Å². The monoisotopic (exact) mass is 543 g/mol. The Morgan fingerprint density at radius 1 is 0.794 bits per heavy atom. The van der Waals surface area contributed by atoms with Crippen molar-refractivity contribution in [3.05, 3.63) is 70.8 Å². The Balaban J connectivity index is 1.74. The van der Waals surface area contributed by atoms with Crippen LogP contribution in [0.1, 0.15) is 11.1 Å². The van der Waals surface area contributed by atoms with E-state index in [-0.39, 0.29) is 27.4 Å². The molecule has 0 saturated carbocycles. The molecule has 0 spiro atoms. The third kappa shape index (κ3) is 6.53. The largest absolute Gasteiger partial charge is 0.370 e. The van der Waals surface area contributed by atoms with Crippen molar-refractivity contribution in [2.24, 2.45) is 4.40 Å². The summed E-state index contributed by atoms with van der Waals surface area (Å²) in [6.07, 6.45) is 0. The Kier molecular flexibility index (Phi) is 8.67. The summed E-state index contributed by atoms with van der Waals surface area (Å²) in [5.41, 5.74) is 2.40. The molecule has 3 rings (SSSR count). The van der Waals surface area contributed by atoms with Gasteiger partial charge in [-0.2, -0.15) is 8.42 Å². The Hall–Kier alpha value is -2.07. The molecule has 2 aromatic rings. The number of hydrogen-bond donors (Lipinski definition) is 0. The molecule has 0 bridgehead atoms. The van der Waals surface area contributed by atoms with E-state index >= 15 is 0 Å². The fraction of sp³-hybridized carbons (Fsp3) is 0.348. The second-order valence-electron chi connectivity index (χ2n) is 8.00. The lowest BCUT2D eigenvalue weighted by Crippen LogP contribution is -2.49. The van der Waals surface area contributed by atoms with Crippen LogP contribution in [0, 0.1) is 13.8 Å². The minimum atomic E-state index is -3.89. The minimum absolute atomic E-state index is 0.0311. The standard InChI is InChI=1S/C23H27Cl2N3O4S2/c1-18-3-7-21(8-4-18)33(29,30)17-20(15-24)27-11-13-28(14-12-27)23(16-25)26-34(31,32)22-9-5-19(2)6-10-22/h3-10,17H,11-16H2,1-2H3/b20-17+,26-23?. The molecule has 0 aromatic heterocycles. The van der Waals surface area contributed by atoms with Crippen LogP contribution in [0.15, 0.2) is 73.8 Å². The number of sulfone groups is 1. The van der Waals surface area contributed by atoms with Gasteiger partial charge in [-0.15, -0.1) is 27.6 Å². The van der Waals surface area contributed by atoms with E-state index in [0.29, 0.717) is 31.9 Å². The van der Waals surface area contributed by atoms with Gasteiger partial charge in [0.25, 0.3) is 10.0 Å². The number of allylic oxidation sites excluding steroid dienone is 1. The van der Waals surface area contributed by atoms with Crippen molar-refractivity contribution >= 4 is 48.9 Å². The van der Waals surface area contributed by atoms with Crippen molar-refractivity contribution in [2.45, 2.75) is 23.6 Å². The third-order valence-corrected chi connectivity index (χ3v) is 8.84. The fourth-order valence-corrected chi connectivity index (χ4v) is 6.41. The highest BCUT2D eigenvalue weighted by Crippen LogP contribution is 2.20. The van der Waals surface area contributed by atoms with Crippen LogP contribution in [-0.4, -0.2) is 70.4 Å². The molecule has 1 aliphatic heterocycles. The highest BCUT2D eigenvalue weighted by molar-refractivity contribution is 7.94. The first kappa shape index (κ1) is 26.5. The van der Waals surface area contributed by atoms with Crippen molar-refractivity contribution in [1.29, 1.82) is 0 Å². The van der Waals surface area contributed by atoms with E-state index < -0.39 is 19.9 Å². The molecule has 34 heavy (non-hydrogen) atoms. The van der Waals surface area contributed by atoms with E-state index in [1.54, 1.807) is 41.3 Å². The predicted molar refractivity (Wildman–Crippen MR) is 137 cm³/mol.